The van der Waals surface area contributed by atoms with E-state index in [1.165, 1.54) is 18.2 Å². The minimum atomic E-state index is -2.10. The van der Waals surface area contributed by atoms with Crippen molar-refractivity contribution in [3.8, 4) is 11.5 Å². The summed E-state index contributed by atoms with van der Waals surface area (Å²) in [7, 11) is 0. The van der Waals surface area contributed by atoms with Gasteiger partial charge in [0.15, 0.2) is 0 Å². The number of aromatic hydroxyl groups is 1. The van der Waals surface area contributed by atoms with Crippen LogP contribution in [0.1, 0.15) is 109 Å². The van der Waals surface area contributed by atoms with Gasteiger partial charge >= 0.3 is 12.1 Å². The average molecular weight is 687 g/mol. The minimum Gasteiger partial charge on any atom is -0.507 e. The zero-order valence-electron chi connectivity index (χ0n) is 30.6. The molecular weight excluding hydrogens is 640 g/mol. The van der Waals surface area contributed by atoms with E-state index in [1.54, 1.807) is 33.8 Å². The molecule has 2 heterocycles. The first kappa shape index (κ1) is 36.4. The van der Waals surface area contributed by atoms with E-state index in [9.17, 15) is 24.8 Å². The van der Waals surface area contributed by atoms with Crippen molar-refractivity contribution >= 4 is 29.3 Å². The molecule has 1 spiro atoms. The molecule has 3 aromatic rings. The molecule has 50 heavy (non-hydrogen) atoms. The van der Waals surface area contributed by atoms with Crippen molar-refractivity contribution in [3.63, 3.8) is 0 Å². The number of hydrogen-bond donors (Lipinski definition) is 1. The Bertz CT molecular complexity index is 1880. The van der Waals surface area contributed by atoms with Crippen molar-refractivity contribution in [1.82, 2.24) is 0 Å². The molecule has 3 atom stereocenters. The molecule has 0 saturated heterocycles. The molecule has 2 amide bonds. The molecule has 11 nitrogen and oxygen atoms in total. The van der Waals surface area contributed by atoms with Crippen LogP contribution in [0.5, 0.6) is 11.5 Å². The Kier molecular flexibility index (Phi) is 8.82. The maximum atomic E-state index is 15.5. The molecule has 5 rings (SSSR count). The highest BCUT2D eigenvalue weighted by Crippen LogP contribution is 2.61. The SMILES string of the molecule is CCOC(=O)[C@H]1Oc2ccc(C)cc2[C@@H](c2cc(C(C)(C)C)c(O)c(C(C)(C)C)c2)[C@]12C(=O)N(C(=O)OC(C)(C)C)c1ccc([N+](=O)[O-])cc12. The summed E-state index contributed by atoms with van der Waals surface area (Å²) >= 11 is 0. The quantitative estimate of drug-likeness (QED) is 0.165. The molecule has 0 aliphatic carbocycles. The monoisotopic (exact) mass is 686 g/mol. The molecule has 2 aliphatic rings. The van der Waals surface area contributed by atoms with Gasteiger partial charge in [-0.25, -0.2) is 14.5 Å². The number of phenolic OH excluding ortho intramolecular Hbond substituents is 1. The third-order valence-corrected chi connectivity index (χ3v) is 9.18. The minimum absolute atomic E-state index is 0.0275. The predicted octanol–water partition coefficient (Wildman–Crippen LogP) is 7.88. The lowest BCUT2D eigenvalue weighted by atomic mass is 9.60. The molecule has 3 aromatic carbocycles. The summed E-state index contributed by atoms with van der Waals surface area (Å²) in [6, 6.07) is 12.8. The van der Waals surface area contributed by atoms with Crippen molar-refractivity contribution in [1.29, 1.82) is 0 Å². The van der Waals surface area contributed by atoms with Gasteiger partial charge in [0.25, 0.3) is 11.6 Å². The lowest BCUT2D eigenvalue weighted by Gasteiger charge is -2.46. The number of carbonyl (C=O) groups excluding carboxylic acids is 3. The van der Waals surface area contributed by atoms with Crippen LogP contribution in [0.4, 0.5) is 16.2 Å². The van der Waals surface area contributed by atoms with Crippen LogP contribution in [0, 0.1) is 17.0 Å². The van der Waals surface area contributed by atoms with Gasteiger partial charge in [-0.05, 0) is 74.3 Å². The number of amides is 2. The molecular formula is C39H46N2O9. The highest BCUT2D eigenvalue weighted by molar-refractivity contribution is 6.23. The average Bonchev–Trinajstić information content (AvgIpc) is 3.22. The van der Waals surface area contributed by atoms with E-state index < -0.39 is 56.8 Å². The van der Waals surface area contributed by atoms with Gasteiger partial charge in [-0.2, -0.15) is 0 Å². The molecule has 1 N–H and O–H groups in total. The topological polar surface area (TPSA) is 146 Å². The Morgan fingerprint density at radius 2 is 1.56 bits per heavy atom. The van der Waals surface area contributed by atoms with Crippen LogP contribution in [0.15, 0.2) is 48.5 Å². The molecule has 2 aliphatic heterocycles. The van der Waals surface area contributed by atoms with Gasteiger partial charge in [0.1, 0.15) is 22.5 Å². The molecule has 0 saturated carbocycles. The number of nitro groups is 1. The number of aryl methyl sites for hydroxylation is 1. The molecule has 266 valence electrons. The molecule has 11 heteroatoms. The fraction of sp³-hybridized carbons (Fsp3) is 0.462. The highest BCUT2D eigenvalue weighted by atomic mass is 16.6. The number of nitro benzene ring substituents is 1. The first-order valence-corrected chi connectivity index (χ1v) is 16.7. The van der Waals surface area contributed by atoms with Crippen molar-refractivity contribution < 1.29 is 38.6 Å². The van der Waals surface area contributed by atoms with E-state index in [-0.39, 0.29) is 29.3 Å². The largest absolute Gasteiger partial charge is 0.507 e. The number of non-ortho nitro benzene ring substituents is 1. The van der Waals surface area contributed by atoms with E-state index in [4.69, 9.17) is 14.2 Å². The lowest BCUT2D eigenvalue weighted by molar-refractivity contribution is -0.384. The zero-order chi connectivity index (χ0) is 37.3. The number of ether oxygens (including phenoxy) is 3. The van der Waals surface area contributed by atoms with Crippen LogP contribution in [-0.4, -0.2) is 46.3 Å². The second-order valence-electron chi connectivity index (χ2n) is 16.1. The zero-order valence-corrected chi connectivity index (χ0v) is 30.6. The summed E-state index contributed by atoms with van der Waals surface area (Å²) in [5.74, 6) is -2.40. The smallest absolute Gasteiger partial charge is 0.421 e. The second kappa shape index (κ2) is 12.1. The van der Waals surface area contributed by atoms with Crippen molar-refractivity contribution in [2.45, 2.75) is 110 Å². The van der Waals surface area contributed by atoms with Crippen molar-refractivity contribution in [3.05, 3.63) is 92.0 Å². The van der Waals surface area contributed by atoms with Gasteiger partial charge in [-0.3, -0.25) is 14.9 Å². The summed E-state index contributed by atoms with van der Waals surface area (Å²) in [6.07, 6.45) is -2.70. The van der Waals surface area contributed by atoms with Gasteiger partial charge in [0, 0.05) is 29.2 Å². The summed E-state index contributed by atoms with van der Waals surface area (Å²) in [4.78, 5) is 56.2. The van der Waals surface area contributed by atoms with Gasteiger partial charge in [0.05, 0.1) is 17.2 Å². The van der Waals surface area contributed by atoms with E-state index >= 15 is 4.79 Å². The number of fused-ring (bicyclic) bond motifs is 3. The fourth-order valence-electron chi connectivity index (χ4n) is 7.07. The van der Waals surface area contributed by atoms with Crippen LogP contribution in [0.25, 0.3) is 0 Å². The third kappa shape index (κ3) is 5.96. The maximum Gasteiger partial charge on any atom is 0.421 e. The molecule has 0 radical (unpaired) electrons. The number of phenols is 1. The van der Waals surface area contributed by atoms with E-state index in [0.717, 1.165) is 10.5 Å². The van der Waals surface area contributed by atoms with Gasteiger partial charge in [-0.15, -0.1) is 0 Å². The van der Waals surface area contributed by atoms with Crippen LogP contribution in [-0.2, 0) is 35.3 Å². The number of hydrogen-bond acceptors (Lipinski definition) is 9. The van der Waals surface area contributed by atoms with E-state index in [0.29, 0.717) is 28.0 Å². The van der Waals surface area contributed by atoms with Crippen LogP contribution >= 0.6 is 0 Å². The number of rotatable bonds is 4. The van der Waals surface area contributed by atoms with Crippen LogP contribution in [0.3, 0.4) is 0 Å². The predicted molar refractivity (Wildman–Crippen MR) is 188 cm³/mol. The third-order valence-electron chi connectivity index (χ3n) is 9.18. The number of benzene rings is 3. The van der Waals surface area contributed by atoms with Crippen LogP contribution in [0.2, 0.25) is 0 Å². The Balaban J connectivity index is 2.02. The Morgan fingerprint density at radius 1 is 0.960 bits per heavy atom. The summed E-state index contributed by atoms with van der Waals surface area (Å²) in [5, 5.41) is 24.0. The highest BCUT2D eigenvalue weighted by Gasteiger charge is 2.68. The summed E-state index contributed by atoms with van der Waals surface area (Å²) < 4.78 is 17.8. The first-order valence-electron chi connectivity index (χ1n) is 16.7. The fourth-order valence-corrected chi connectivity index (χ4v) is 7.07. The maximum absolute atomic E-state index is 15.5. The lowest BCUT2D eigenvalue weighted by Crippen LogP contribution is -2.61. The molecule has 0 aromatic heterocycles. The normalized spacial score (nSPS) is 20.2. The standard InChI is InChI=1S/C39H46N2O9/c1-12-48-33(43)32-39(25-20-23(41(46)47)14-15-28(25)40(34(39)44)35(45)50-38(9,10)11)30(24-17-21(2)13-16-29(24)49-32)22-18-26(36(3,4)5)31(42)27(19-22)37(6,7)8/h13-20,30,32,42H,12H2,1-11H3/t30-,32-,39+/m1/s1. The van der Waals surface area contributed by atoms with Gasteiger partial charge < -0.3 is 19.3 Å². The Morgan fingerprint density at radius 3 is 2.08 bits per heavy atom. The number of carbonyl (C=O) groups is 3. The van der Waals surface area contributed by atoms with E-state index in [1.807, 2.05) is 72.7 Å². The first-order chi connectivity index (χ1) is 23.0. The Hall–Kier alpha value is -4.93. The molecule has 0 fully saturated rings. The van der Waals surface area contributed by atoms with Crippen molar-refractivity contribution in [2.24, 2.45) is 0 Å². The van der Waals surface area contributed by atoms with E-state index in [2.05, 4.69) is 0 Å². The van der Waals surface area contributed by atoms with Crippen molar-refractivity contribution in [2.75, 3.05) is 11.5 Å². The second-order valence-corrected chi connectivity index (χ2v) is 16.1. The van der Waals surface area contributed by atoms with Gasteiger partial charge in [0.2, 0.25) is 6.10 Å². The number of imide groups is 1. The summed E-state index contributed by atoms with van der Waals surface area (Å²) in [5.41, 5.74) is -1.48. The molecule has 0 bridgehead atoms. The molecule has 0 unspecified atom stereocenters. The number of esters is 1. The van der Waals surface area contributed by atoms with Gasteiger partial charge in [-0.1, -0.05) is 71.4 Å². The van der Waals surface area contributed by atoms with Crippen LogP contribution < -0.4 is 9.64 Å². The summed E-state index contributed by atoms with van der Waals surface area (Å²) in [6.45, 7) is 20.2. The Labute approximate surface area is 292 Å². The number of nitrogens with zero attached hydrogens (tertiary/aromatic N) is 2. The number of anilines is 1.